The molecular formula is C22H21F2N3O2. The maximum Gasteiger partial charge on any atom is 0.228 e. The van der Waals surface area contributed by atoms with Crippen LogP contribution in [0.2, 0.25) is 0 Å². The van der Waals surface area contributed by atoms with Crippen LogP contribution in [0.1, 0.15) is 11.5 Å². The monoisotopic (exact) mass is 397 g/mol. The average molecular weight is 397 g/mol. The molecule has 150 valence electrons. The summed E-state index contributed by atoms with van der Waals surface area (Å²) in [4.78, 5) is 20.8. The summed E-state index contributed by atoms with van der Waals surface area (Å²) < 4.78 is 33.0. The van der Waals surface area contributed by atoms with E-state index in [1.165, 1.54) is 18.2 Å². The summed E-state index contributed by atoms with van der Waals surface area (Å²) in [5, 5.41) is 0. The van der Waals surface area contributed by atoms with Crippen LogP contribution in [-0.2, 0) is 11.2 Å². The van der Waals surface area contributed by atoms with Crippen molar-refractivity contribution in [2.24, 2.45) is 0 Å². The van der Waals surface area contributed by atoms with Crippen molar-refractivity contribution in [3.05, 3.63) is 71.6 Å². The third-order valence-corrected chi connectivity index (χ3v) is 5.11. The van der Waals surface area contributed by atoms with Gasteiger partial charge in [-0.05, 0) is 37.3 Å². The van der Waals surface area contributed by atoms with Gasteiger partial charge >= 0.3 is 0 Å². The van der Waals surface area contributed by atoms with Gasteiger partial charge in [0.1, 0.15) is 17.4 Å². The molecule has 1 aromatic heterocycles. The first kappa shape index (κ1) is 19.1. The highest BCUT2D eigenvalue weighted by Gasteiger charge is 2.24. The number of anilines is 1. The van der Waals surface area contributed by atoms with E-state index in [0.29, 0.717) is 54.8 Å². The summed E-state index contributed by atoms with van der Waals surface area (Å²) in [5.74, 6) is 0.163. The number of rotatable bonds is 4. The summed E-state index contributed by atoms with van der Waals surface area (Å²) in [6.45, 7) is 3.91. The molecule has 2 heterocycles. The zero-order chi connectivity index (χ0) is 20.4. The molecule has 0 radical (unpaired) electrons. The standard InChI is InChI=1S/C22H21F2N3O2/c1-15-19(25-22(29-15)16-5-4-6-17(23)13-16)14-21(28)27-11-9-26(10-12-27)20-8-3-2-7-18(20)24/h2-8,13H,9-12,14H2,1H3. The number of aryl methyl sites for hydroxylation is 1. The van der Waals surface area contributed by atoms with E-state index in [2.05, 4.69) is 4.98 Å². The highest BCUT2D eigenvalue weighted by molar-refractivity contribution is 5.79. The number of carbonyl (C=O) groups excluding carboxylic acids is 1. The van der Waals surface area contributed by atoms with Crippen molar-refractivity contribution in [2.75, 3.05) is 31.1 Å². The zero-order valence-electron chi connectivity index (χ0n) is 16.1. The molecule has 0 spiro atoms. The van der Waals surface area contributed by atoms with Crippen molar-refractivity contribution in [2.45, 2.75) is 13.3 Å². The van der Waals surface area contributed by atoms with Gasteiger partial charge in [0.25, 0.3) is 0 Å². The van der Waals surface area contributed by atoms with E-state index in [9.17, 15) is 13.6 Å². The van der Waals surface area contributed by atoms with E-state index in [1.807, 2.05) is 4.90 Å². The third kappa shape index (κ3) is 4.13. The maximum atomic E-state index is 14.0. The lowest BCUT2D eigenvalue weighted by molar-refractivity contribution is -0.130. The molecule has 0 bridgehead atoms. The molecule has 4 rings (SSSR count). The molecule has 5 nitrogen and oxygen atoms in total. The second kappa shape index (κ2) is 8.03. The van der Waals surface area contributed by atoms with E-state index < -0.39 is 0 Å². The lowest BCUT2D eigenvalue weighted by Gasteiger charge is -2.36. The van der Waals surface area contributed by atoms with Crippen LogP contribution < -0.4 is 4.90 Å². The SMILES string of the molecule is Cc1oc(-c2cccc(F)c2)nc1CC(=O)N1CCN(c2ccccc2F)CC1. The largest absolute Gasteiger partial charge is 0.441 e. The van der Waals surface area contributed by atoms with Crippen molar-refractivity contribution in [1.29, 1.82) is 0 Å². The first-order chi connectivity index (χ1) is 14.0. The Balaban J connectivity index is 1.40. The molecule has 0 atom stereocenters. The van der Waals surface area contributed by atoms with Gasteiger partial charge in [-0.2, -0.15) is 0 Å². The molecule has 1 aliphatic rings. The second-order valence-electron chi connectivity index (χ2n) is 7.03. The van der Waals surface area contributed by atoms with Crippen LogP contribution in [0.4, 0.5) is 14.5 Å². The van der Waals surface area contributed by atoms with Crippen LogP contribution in [0, 0.1) is 18.6 Å². The van der Waals surface area contributed by atoms with Gasteiger partial charge in [0.2, 0.25) is 11.8 Å². The van der Waals surface area contributed by atoms with Crippen LogP contribution in [0.15, 0.2) is 52.9 Å². The zero-order valence-corrected chi connectivity index (χ0v) is 16.1. The number of amides is 1. The Morgan fingerprint density at radius 1 is 1.07 bits per heavy atom. The number of aromatic nitrogens is 1. The Labute approximate surface area is 167 Å². The van der Waals surface area contributed by atoms with E-state index in [0.717, 1.165) is 0 Å². The highest BCUT2D eigenvalue weighted by atomic mass is 19.1. The van der Waals surface area contributed by atoms with Crippen molar-refractivity contribution in [3.63, 3.8) is 0 Å². The number of halogens is 2. The molecule has 29 heavy (non-hydrogen) atoms. The lowest BCUT2D eigenvalue weighted by Crippen LogP contribution is -2.49. The number of para-hydroxylation sites is 1. The number of benzene rings is 2. The van der Waals surface area contributed by atoms with E-state index in [1.54, 1.807) is 42.2 Å². The fraction of sp³-hybridized carbons (Fsp3) is 0.273. The maximum absolute atomic E-state index is 14.0. The fourth-order valence-corrected chi connectivity index (χ4v) is 3.50. The summed E-state index contributed by atoms with van der Waals surface area (Å²) in [7, 11) is 0. The van der Waals surface area contributed by atoms with Crippen molar-refractivity contribution < 1.29 is 18.0 Å². The Morgan fingerprint density at radius 2 is 1.83 bits per heavy atom. The predicted octanol–water partition coefficient (Wildman–Crippen LogP) is 3.82. The predicted molar refractivity (Wildman–Crippen MR) is 106 cm³/mol. The molecule has 0 unspecified atom stereocenters. The van der Waals surface area contributed by atoms with E-state index in [-0.39, 0.29) is 24.0 Å². The Morgan fingerprint density at radius 3 is 2.55 bits per heavy atom. The minimum Gasteiger partial charge on any atom is -0.441 e. The summed E-state index contributed by atoms with van der Waals surface area (Å²) in [6, 6.07) is 12.7. The first-order valence-electron chi connectivity index (χ1n) is 9.51. The van der Waals surface area contributed by atoms with E-state index in [4.69, 9.17) is 4.42 Å². The molecule has 3 aromatic rings. The summed E-state index contributed by atoms with van der Waals surface area (Å²) in [6.07, 6.45) is 0.115. The molecule has 0 N–H and O–H groups in total. The third-order valence-electron chi connectivity index (χ3n) is 5.11. The van der Waals surface area contributed by atoms with E-state index >= 15 is 0 Å². The number of hydrogen-bond donors (Lipinski definition) is 0. The number of piperazine rings is 1. The fourth-order valence-electron chi connectivity index (χ4n) is 3.50. The van der Waals surface area contributed by atoms with Gasteiger partial charge in [0.15, 0.2) is 0 Å². The normalized spacial score (nSPS) is 14.3. The van der Waals surface area contributed by atoms with Gasteiger partial charge in [-0.25, -0.2) is 13.8 Å². The number of oxazole rings is 1. The second-order valence-corrected chi connectivity index (χ2v) is 7.03. The quantitative estimate of drug-likeness (QED) is 0.672. The molecule has 1 amide bonds. The highest BCUT2D eigenvalue weighted by Crippen LogP contribution is 2.24. The molecule has 0 saturated carbocycles. The number of hydrogen-bond acceptors (Lipinski definition) is 4. The molecular weight excluding hydrogens is 376 g/mol. The minimum absolute atomic E-state index is 0.0552. The van der Waals surface area contributed by atoms with Crippen molar-refractivity contribution >= 4 is 11.6 Å². The van der Waals surface area contributed by atoms with Gasteiger partial charge in [-0.3, -0.25) is 4.79 Å². The summed E-state index contributed by atoms with van der Waals surface area (Å²) >= 11 is 0. The molecule has 1 fully saturated rings. The van der Waals surface area contributed by atoms with Crippen LogP contribution in [0.25, 0.3) is 11.5 Å². The smallest absolute Gasteiger partial charge is 0.228 e. The molecule has 7 heteroatoms. The van der Waals surface area contributed by atoms with Crippen LogP contribution in [0.3, 0.4) is 0 Å². The van der Waals surface area contributed by atoms with Gasteiger partial charge in [0.05, 0.1) is 17.8 Å². The Kier molecular flexibility index (Phi) is 5.29. The van der Waals surface area contributed by atoms with Crippen LogP contribution >= 0.6 is 0 Å². The van der Waals surface area contributed by atoms with Gasteiger partial charge in [-0.15, -0.1) is 0 Å². The Bertz CT molecular complexity index is 1030. The Hall–Kier alpha value is -3.22. The van der Waals surface area contributed by atoms with Gasteiger partial charge in [0, 0.05) is 31.7 Å². The first-order valence-corrected chi connectivity index (χ1v) is 9.51. The molecule has 2 aromatic carbocycles. The lowest BCUT2D eigenvalue weighted by atomic mass is 10.2. The molecule has 0 aliphatic carbocycles. The molecule has 1 aliphatic heterocycles. The van der Waals surface area contributed by atoms with Crippen LogP contribution in [0.5, 0.6) is 0 Å². The number of carbonyl (C=O) groups is 1. The summed E-state index contributed by atoms with van der Waals surface area (Å²) in [5.41, 5.74) is 1.64. The number of nitrogens with zero attached hydrogens (tertiary/aromatic N) is 3. The minimum atomic E-state index is -0.372. The topological polar surface area (TPSA) is 49.6 Å². The van der Waals surface area contributed by atoms with Gasteiger partial charge in [-0.1, -0.05) is 18.2 Å². The molecule has 1 saturated heterocycles. The van der Waals surface area contributed by atoms with Crippen molar-refractivity contribution in [1.82, 2.24) is 9.88 Å². The van der Waals surface area contributed by atoms with Gasteiger partial charge < -0.3 is 14.2 Å². The van der Waals surface area contributed by atoms with Crippen LogP contribution in [-0.4, -0.2) is 42.0 Å². The average Bonchev–Trinajstić information content (AvgIpc) is 3.09. The van der Waals surface area contributed by atoms with Crippen molar-refractivity contribution in [3.8, 4) is 11.5 Å².